The molecule has 142 valence electrons. The number of benzene rings is 2. The number of rotatable bonds is 7. The van der Waals surface area contributed by atoms with E-state index in [1.807, 2.05) is 0 Å². The van der Waals surface area contributed by atoms with Crippen molar-refractivity contribution < 1.29 is 29.1 Å². The zero-order chi connectivity index (χ0) is 20.0. The quantitative estimate of drug-likeness (QED) is 0.430. The molecule has 1 atom stereocenters. The zero-order valence-electron chi connectivity index (χ0n) is 14.7. The van der Waals surface area contributed by atoms with Gasteiger partial charge in [-0.2, -0.15) is 0 Å². The van der Waals surface area contributed by atoms with E-state index < -0.39 is 22.8 Å². The van der Waals surface area contributed by atoms with Crippen LogP contribution in [0.1, 0.15) is 15.9 Å². The summed E-state index contributed by atoms with van der Waals surface area (Å²) in [6.07, 6.45) is -0.0813. The van der Waals surface area contributed by atoms with Gasteiger partial charge < -0.3 is 19.9 Å². The molecule has 0 radical (unpaired) electrons. The van der Waals surface area contributed by atoms with E-state index >= 15 is 0 Å². The molecule has 2 aromatic carbocycles. The minimum Gasteiger partial charge on any atom is -0.508 e. The van der Waals surface area contributed by atoms with Crippen LogP contribution in [-0.2, 0) is 16.0 Å². The monoisotopic (exact) mass is 374 g/mol. The van der Waals surface area contributed by atoms with Crippen molar-refractivity contribution in [3.63, 3.8) is 0 Å². The highest BCUT2D eigenvalue weighted by atomic mass is 16.6. The number of carbonyl (C=O) groups is 2. The van der Waals surface area contributed by atoms with E-state index in [9.17, 15) is 24.8 Å². The lowest BCUT2D eigenvalue weighted by molar-refractivity contribution is -0.384. The largest absolute Gasteiger partial charge is 0.508 e. The number of aromatic hydroxyl groups is 1. The first kappa shape index (κ1) is 19.7. The van der Waals surface area contributed by atoms with Crippen LogP contribution in [0.4, 0.5) is 5.69 Å². The molecule has 0 saturated carbocycles. The van der Waals surface area contributed by atoms with Gasteiger partial charge in [-0.25, -0.2) is 4.79 Å². The van der Waals surface area contributed by atoms with Gasteiger partial charge >= 0.3 is 5.97 Å². The predicted octanol–water partition coefficient (Wildman–Crippen LogP) is 1.82. The molecule has 0 bridgehead atoms. The van der Waals surface area contributed by atoms with E-state index in [4.69, 9.17) is 9.47 Å². The van der Waals surface area contributed by atoms with E-state index in [1.165, 1.54) is 56.7 Å². The molecule has 0 aromatic heterocycles. The number of methoxy groups -OCH3 is 2. The molecule has 0 aliphatic heterocycles. The number of esters is 1. The van der Waals surface area contributed by atoms with Crippen LogP contribution >= 0.6 is 0 Å². The highest BCUT2D eigenvalue weighted by molar-refractivity contribution is 5.97. The van der Waals surface area contributed by atoms with E-state index in [-0.39, 0.29) is 23.4 Å². The van der Waals surface area contributed by atoms with Crippen LogP contribution in [0.2, 0.25) is 0 Å². The Kier molecular flexibility index (Phi) is 6.32. The van der Waals surface area contributed by atoms with Crippen LogP contribution in [-0.4, -0.2) is 42.2 Å². The van der Waals surface area contributed by atoms with Crippen molar-refractivity contribution in [2.45, 2.75) is 12.5 Å². The third-order valence-electron chi connectivity index (χ3n) is 3.80. The van der Waals surface area contributed by atoms with Crippen molar-refractivity contribution in [3.8, 4) is 11.5 Å². The number of nitro benzene ring substituents is 1. The first-order valence-electron chi connectivity index (χ1n) is 7.84. The van der Waals surface area contributed by atoms with Gasteiger partial charge in [0.05, 0.1) is 19.1 Å². The molecule has 2 aromatic rings. The molecule has 0 unspecified atom stereocenters. The van der Waals surface area contributed by atoms with E-state index in [2.05, 4.69) is 5.32 Å². The number of ether oxygens (including phenoxy) is 2. The van der Waals surface area contributed by atoms with Crippen molar-refractivity contribution in [2.24, 2.45) is 0 Å². The molecule has 9 heteroatoms. The SMILES string of the molecule is COC(=O)[C@@H](Cc1cc([N+](=O)[O-])ccc1OC)NC(=O)c1cccc(O)c1. The van der Waals surface area contributed by atoms with Crippen molar-refractivity contribution in [3.05, 3.63) is 63.7 Å². The molecular formula is C18H18N2O7. The molecule has 0 aliphatic rings. The van der Waals surface area contributed by atoms with Gasteiger partial charge in [-0.05, 0) is 24.3 Å². The van der Waals surface area contributed by atoms with Crippen molar-refractivity contribution in [1.82, 2.24) is 5.32 Å². The number of nitrogens with zero attached hydrogens (tertiary/aromatic N) is 1. The second-order valence-corrected chi connectivity index (χ2v) is 5.56. The van der Waals surface area contributed by atoms with Gasteiger partial charge in [0.2, 0.25) is 0 Å². The Bertz CT molecular complexity index is 867. The number of phenols is 1. The van der Waals surface area contributed by atoms with Gasteiger partial charge in [-0.15, -0.1) is 0 Å². The Balaban J connectivity index is 2.29. The minimum atomic E-state index is -1.11. The average Bonchev–Trinajstić information content (AvgIpc) is 2.66. The van der Waals surface area contributed by atoms with Crippen LogP contribution in [0.15, 0.2) is 42.5 Å². The summed E-state index contributed by atoms with van der Waals surface area (Å²) in [6, 6.07) is 8.47. The molecule has 1 amide bonds. The van der Waals surface area contributed by atoms with Gasteiger partial charge in [-0.1, -0.05) is 6.07 Å². The number of carbonyl (C=O) groups excluding carboxylic acids is 2. The Morgan fingerprint density at radius 2 is 1.96 bits per heavy atom. The number of non-ortho nitro benzene ring substituents is 1. The van der Waals surface area contributed by atoms with Crippen LogP contribution in [0.3, 0.4) is 0 Å². The maximum Gasteiger partial charge on any atom is 0.328 e. The van der Waals surface area contributed by atoms with Gasteiger partial charge in [0.1, 0.15) is 17.5 Å². The zero-order valence-corrected chi connectivity index (χ0v) is 14.7. The van der Waals surface area contributed by atoms with Crippen molar-refractivity contribution in [1.29, 1.82) is 0 Å². The summed E-state index contributed by atoms with van der Waals surface area (Å²) in [5.41, 5.74) is 0.335. The Morgan fingerprint density at radius 3 is 2.56 bits per heavy atom. The van der Waals surface area contributed by atoms with E-state index in [0.717, 1.165) is 0 Å². The Hall–Kier alpha value is -3.62. The van der Waals surface area contributed by atoms with Crippen LogP contribution in [0.5, 0.6) is 11.5 Å². The fourth-order valence-corrected chi connectivity index (χ4v) is 2.48. The molecule has 2 N–H and O–H groups in total. The fraction of sp³-hybridized carbons (Fsp3) is 0.222. The lowest BCUT2D eigenvalue weighted by atomic mass is 10.0. The molecule has 0 heterocycles. The first-order valence-corrected chi connectivity index (χ1v) is 7.84. The van der Waals surface area contributed by atoms with Crippen LogP contribution < -0.4 is 10.1 Å². The van der Waals surface area contributed by atoms with Crippen molar-refractivity contribution >= 4 is 17.6 Å². The summed E-state index contributed by atoms with van der Waals surface area (Å²) in [7, 11) is 2.56. The number of hydrogen-bond donors (Lipinski definition) is 2. The van der Waals surface area contributed by atoms with Gasteiger partial charge in [0.25, 0.3) is 11.6 Å². The summed E-state index contributed by atoms with van der Waals surface area (Å²) in [6.45, 7) is 0. The fourth-order valence-electron chi connectivity index (χ4n) is 2.48. The summed E-state index contributed by atoms with van der Waals surface area (Å²) in [4.78, 5) is 34.9. The molecule has 9 nitrogen and oxygen atoms in total. The Morgan fingerprint density at radius 1 is 1.22 bits per heavy atom. The van der Waals surface area contributed by atoms with E-state index in [1.54, 1.807) is 0 Å². The summed E-state index contributed by atoms with van der Waals surface area (Å²) in [5.74, 6) is -1.10. The molecule has 0 aliphatic carbocycles. The first-order chi connectivity index (χ1) is 12.8. The topological polar surface area (TPSA) is 128 Å². The second-order valence-electron chi connectivity index (χ2n) is 5.56. The third kappa shape index (κ3) is 4.94. The predicted molar refractivity (Wildman–Crippen MR) is 94.7 cm³/mol. The average molecular weight is 374 g/mol. The van der Waals surface area contributed by atoms with Gasteiger partial charge in [-0.3, -0.25) is 14.9 Å². The number of nitrogens with one attached hydrogen (secondary N) is 1. The molecule has 2 rings (SSSR count). The Labute approximate surface area is 154 Å². The van der Waals surface area contributed by atoms with Gasteiger partial charge in [0, 0.05) is 29.7 Å². The minimum absolute atomic E-state index is 0.0813. The van der Waals surface area contributed by atoms with Crippen molar-refractivity contribution in [2.75, 3.05) is 14.2 Å². The van der Waals surface area contributed by atoms with Crippen LogP contribution in [0.25, 0.3) is 0 Å². The molecule has 0 fully saturated rings. The lowest BCUT2D eigenvalue weighted by Crippen LogP contribution is -2.43. The standard InChI is InChI=1S/C18H18N2O7/c1-26-16-7-6-13(20(24)25)8-12(16)10-15(18(23)27-2)19-17(22)11-4-3-5-14(21)9-11/h3-9,15,21H,10H2,1-2H3,(H,19,22)/t15-/m1/s1. The maximum atomic E-state index is 12.4. The maximum absolute atomic E-state index is 12.4. The summed E-state index contributed by atoms with van der Waals surface area (Å²) in [5, 5.41) is 23.0. The normalized spacial score (nSPS) is 11.3. The highest BCUT2D eigenvalue weighted by Gasteiger charge is 2.25. The highest BCUT2D eigenvalue weighted by Crippen LogP contribution is 2.25. The summed E-state index contributed by atoms with van der Waals surface area (Å²) >= 11 is 0. The second kappa shape index (κ2) is 8.65. The molecule has 0 spiro atoms. The van der Waals surface area contributed by atoms with Crippen LogP contribution in [0, 0.1) is 10.1 Å². The smallest absolute Gasteiger partial charge is 0.328 e. The number of phenolic OH excluding ortho intramolecular Hbond substituents is 1. The number of amides is 1. The summed E-state index contributed by atoms with van der Waals surface area (Å²) < 4.78 is 9.90. The molecule has 0 saturated heterocycles. The number of nitro groups is 1. The molecule has 27 heavy (non-hydrogen) atoms. The van der Waals surface area contributed by atoms with Gasteiger partial charge in [0.15, 0.2) is 0 Å². The van der Waals surface area contributed by atoms with E-state index in [0.29, 0.717) is 11.3 Å². The number of hydrogen-bond acceptors (Lipinski definition) is 7. The molecular weight excluding hydrogens is 356 g/mol. The lowest BCUT2D eigenvalue weighted by Gasteiger charge is -2.18. The third-order valence-corrected chi connectivity index (χ3v) is 3.80.